The number of benzene rings is 1. The number of nitrogens with two attached hydrogens (primary N) is 1. The summed E-state index contributed by atoms with van der Waals surface area (Å²) >= 11 is 2.21. The summed E-state index contributed by atoms with van der Waals surface area (Å²) in [6.07, 6.45) is 5.76. The zero-order valence-corrected chi connectivity index (χ0v) is 36.3. The van der Waals surface area contributed by atoms with Crippen molar-refractivity contribution in [1.29, 1.82) is 0 Å². The molecule has 0 radical (unpaired) electrons. The van der Waals surface area contributed by atoms with Crippen LogP contribution in [0.5, 0.6) is 5.75 Å². The number of aromatic nitrogens is 5. The van der Waals surface area contributed by atoms with Crippen LogP contribution in [-0.2, 0) is 48.4 Å². The van der Waals surface area contributed by atoms with Crippen LogP contribution >= 0.6 is 23.3 Å². The predicted molar refractivity (Wildman–Crippen MR) is 213 cm³/mol. The van der Waals surface area contributed by atoms with Gasteiger partial charge in [0.2, 0.25) is 16.7 Å². The summed E-state index contributed by atoms with van der Waals surface area (Å²) in [5, 5.41) is 8.58. The number of nitrogens with zero attached hydrogens (tertiary/aromatic N) is 7. The number of thioether (sulfide) groups is 1. The van der Waals surface area contributed by atoms with Crippen molar-refractivity contribution in [2.45, 2.75) is 89.2 Å². The molecule has 0 bridgehead atoms. The first kappa shape index (κ1) is 43.5. The van der Waals surface area contributed by atoms with E-state index in [9.17, 15) is 19.2 Å². The first-order chi connectivity index (χ1) is 27.8. The number of ether oxygens (including phenoxy) is 3. The van der Waals surface area contributed by atoms with Crippen LogP contribution in [0.25, 0.3) is 11.2 Å². The number of esters is 1. The number of amides is 3. The Morgan fingerprint density at radius 2 is 1.92 bits per heavy atom. The Morgan fingerprint density at radius 1 is 1.15 bits per heavy atom. The summed E-state index contributed by atoms with van der Waals surface area (Å²) in [6.45, 7) is 7.89. The highest BCUT2D eigenvalue weighted by molar-refractivity contribution is 8.00. The maximum absolute atomic E-state index is 14.1. The number of aryl methyl sites for hydroxylation is 1. The minimum absolute atomic E-state index is 0. The molecule has 2 aliphatic heterocycles. The highest BCUT2D eigenvalue weighted by atomic mass is 79.9. The summed E-state index contributed by atoms with van der Waals surface area (Å²) < 4.78 is 24.6. The first-order valence-corrected chi connectivity index (χ1v) is 20.5. The van der Waals surface area contributed by atoms with E-state index in [2.05, 4.69) is 34.7 Å². The molecule has 0 spiro atoms. The number of hydrogen-bond acceptors (Lipinski definition) is 15. The zero-order valence-electron chi connectivity index (χ0n) is 33.1. The SMILES string of the molecule is CCO/N=C(\C(=O)NC1C(=O)N2C(C(=O)OCc3ccc(OC)cc3)=C(C[n+]3cn(CCC4(N)CC4)c4cccnc43)CSC12)c1nsc(NC(=O)OC(C)(C)C)n1.[Br-]. The van der Waals surface area contributed by atoms with Gasteiger partial charge in [0.25, 0.3) is 11.8 Å². The van der Waals surface area contributed by atoms with Gasteiger partial charge in [-0.15, -0.1) is 16.7 Å². The highest BCUT2D eigenvalue weighted by Crippen LogP contribution is 2.41. The molecule has 59 heavy (non-hydrogen) atoms. The average Bonchev–Trinajstić information content (AvgIpc) is 3.59. The van der Waals surface area contributed by atoms with Crippen molar-refractivity contribution in [3.05, 3.63) is 71.6 Å². The van der Waals surface area contributed by atoms with E-state index in [1.54, 1.807) is 65.3 Å². The quantitative estimate of drug-likeness (QED) is 0.0480. The molecule has 4 N–H and O–H groups in total. The van der Waals surface area contributed by atoms with Crippen LogP contribution in [0.1, 0.15) is 58.3 Å². The third kappa shape index (κ3) is 10.0. The lowest BCUT2D eigenvalue weighted by atomic mass is 10.0. The molecule has 1 aromatic carbocycles. The number of β-lactam (4-membered cyclic amide) rings is 1. The monoisotopic (exact) mass is 912 g/mol. The van der Waals surface area contributed by atoms with Crippen molar-refractivity contribution in [1.82, 2.24) is 29.1 Å². The van der Waals surface area contributed by atoms with Crippen LogP contribution < -0.4 is 42.7 Å². The van der Waals surface area contributed by atoms with Crippen molar-refractivity contribution < 1.29 is 59.8 Å². The molecule has 3 aliphatic rings. The second-order valence-corrected chi connectivity index (χ2v) is 16.9. The van der Waals surface area contributed by atoms with Gasteiger partial charge in [-0.05, 0) is 76.8 Å². The molecule has 2 fully saturated rings. The normalized spacial score (nSPS) is 18.3. The van der Waals surface area contributed by atoms with E-state index >= 15 is 0 Å². The second kappa shape index (κ2) is 18.0. The van der Waals surface area contributed by atoms with Crippen LogP contribution in [0.2, 0.25) is 0 Å². The minimum atomic E-state index is -1.03. The maximum atomic E-state index is 14.1. The Morgan fingerprint density at radius 3 is 2.61 bits per heavy atom. The Balaban J connectivity index is 0.00000585. The summed E-state index contributed by atoms with van der Waals surface area (Å²) in [5.74, 6) is -1.10. The number of fused-ring (bicyclic) bond motifs is 2. The van der Waals surface area contributed by atoms with Gasteiger partial charge >= 0.3 is 17.7 Å². The van der Waals surface area contributed by atoms with Crippen LogP contribution in [0, 0.1) is 0 Å². The van der Waals surface area contributed by atoms with E-state index in [0.29, 0.717) is 23.6 Å². The second-order valence-electron chi connectivity index (χ2n) is 15.0. The topological polar surface area (TPSA) is 218 Å². The minimum Gasteiger partial charge on any atom is -1.00 e. The molecule has 2 atom stereocenters. The number of methoxy groups -OCH3 is 1. The number of oxime groups is 1. The Kier molecular flexibility index (Phi) is 13.3. The fraction of sp³-hybridized carbons (Fsp3) is 0.447. The third-order valence-corrected chi connectivity index (χ3v) is 11.5. The molecule has 7 rings (SSSR count). The van der Waals surface area contributed by atoms with Gasteiger partial charge in [0.05, 0.1) is 20.2 Å². The van der Waals surface area contributed by atoms with Gasteiger partial charge in [-0.3, -0.25) is 24.4 Å². The van der Waals surface area contributed by atoms with Crippen molar-refractivity contribution in [3.63, 3.8) is 0 Å². The molecule has 314 valence electrons. The van der Waals surface area contributed by atoms with E-state index in [1.807, 2.05) is 23.0 Å². The molecule has 3 aromatic heterocycles. The van der Waals surface area contributed by atoms with E-state index in [0.717, 1.165) is 47.5 Å². The molecule has 3 amide bonds. The van der Waals surface area contributed by atoms with Crippen molar-refractivity contribution >= 4 is 69.2 Å². The van der Waals surface area contributed by atoms with Gasteiger partial charge in [-0.1, -0.05) is 17.3 Å². The third-order valence-electron chi connectivity index (χ3n) is 9.53. The van der Waals surface area contributed by atoms with Crippen LogP contribution in [0.15, 0.2) is 65.3 Å². The number of hydrogen-bond donors (Lipinski definition) is 3. The number of pyridine rings is 1. The van der Waals surface area contributed by atoms with Crippen LogP contribution in [0.4, 0.5) is 9.93 Å². The maximum Gasteiger partial charge on any atom is 0.414 e. The van der Waals surface area contributed by atoms with Gasteiger partial charge < -0.3 is 47.1 Å². The lowest BCUT2D eigenvalue weighted by Gasteiger charge is -2.49. The summed E-state index contributed by atoms with van der Waals surface area (Å²) in [4.78, 5) is 69.7. The number of carbonyl (C=O) groups excluding carboxylic acids is 4. The number of halogens is 1. The van der Waals surface area contributed by atoms with E-state index in [-0.39, 0.29) is 64.6 Å². The van der Waals surface area contributed by atoms with Gasteiger partial charge in [0.1, 0.15) is 47.9 Å². The Hall–Kier alpha value is -5.12. The molecular formula is C38H45BrN10O8S2. The van der Waals surface area contributed by atoms with Gasteiger partial charge in [0.15, 0.2) is 11.8 Å². The Bertz CT molecular complexity index is 2290. The predicted octanol–water partition coefficient (Wildman–Crippen LogP) is 0.255. The largest absolute Gasteiger partial charge is 1.00 e. The molecule has 4 aromatic rings. The average molecular weight is 914 g/mol. The van der Waals surface area contributed by atoms with Crippen molar-refractivity contribution in [3.8, 4) is 5.75 Å². The van der Waals surface area contributed by atoms with Gasteiger partial charge in [-0.2, -0.15) is 9.36 Å². The smallest absolute Gasteiger partial charge is 0.414 e. The molecule has 5 heterocycles. The van der Waals surface area contributed by atoms with Crippen LogP contribution in [0.3, 0.4) is 0 Å². The zero-order chi connectivity index (χ0) is 41.2. The molecule has 2 unspecified atom stereocenters. The van der Waals surface area contributed by atoms with Gasteiger partial charge in [0, 0.05) is 28.4 Å². The Labute approximate surface area is 358 Å². The first-order valence-electron chi connectivity index (χ1n) is 18.7. The fourth-order valence-electron chi connectivity index (χ4n) is 6.39. The molecular weight excluding hydrogens is 869 g/mol. The van der Waals surface area contributed by atoms with E-state index < -0.39 is 40.9 Å². The molecule has 18 nitrogen and oxygen atoms in total. The molecule has 1 saturated heterocycles. The van der Waals surface area contributed by atoms with Crippen LogP contribution in [-0.4, -0.2) is 95.4 Å². The number of anilines is 1. The highest BCUT2D eigenvalue weighted by Gasteiger charge is 2.55. The van der Waals surface area contributed by atoms with E-state index in [4.69, 9.17) is 24.8 Å². The summed E-state index contributed by atoms with van der Waals surface area (Å²) in [5.41, 5.74) is 8.36. The number of nitrogens with one attached hydrogen (secondary N) is 2. The van der Waals surface area contributed by atoms with Crippen molar-refractivity contribution in [2.75, 3.05) is 24.8 Å². The lowest BCUT2D eigenvalue weighted by Crippen LogP contribution is -3.00. The fourth-order valence-corrected chi connectivity index (χ4v) is 8.28. The summed E-state index contributed by atoms with van der Waals surface area (Å²) in [7, 11) is 1.57. The standard InChI is InChI=1S/C38H44N10O8S2.BrH/c1-6-55-44-26(29-42-35(58-45-29)43-36(52)56-37(2,3)4)31(49)41-27-32(50)48-28(34(51)54-19-22-9-11-24(53-5)12-10-22)23(20-57-33(27)48)18-47-21-46(17-15-38(39)13-14-38)25-8-7-16-40-30(25)47;/h7-12,16,21,27,33H,6,13-15,17-20,39H2,1-5H3,(H-,41,42,43,45,49,52);1H/b44-26-;. The molecule has 1 saturated carbocycles. The van der Waals surface area contributed by atoms with Gasteiger partial charge in [-0.25, -0.2) is 14.2 Å². The summed E-state index contributed by atoms with van der Waals surface area (Å²) in [6, 6.07) is 9.96. The molecule has 1 aliphatic carbocycles. The van der Waals surface area contributed by atoms with Crippen molar-refractivity contribution in [2.24, 2.45) is 10.9 Å². The number of carbonyl (C=O) groups is 4. The lowest BCUT2D eigenvalue weighted by molar-refractivity contribution is -0.665. The number of rotatable bonds is 15. The van der Waals surface area contributed by atoms with E-state index in [1.165, 1.54) is 16.7 Å². The number of imidazole rings is 1. The molecule has 21 heteroatoms.